The van der Waals surface area contributed by atoms with E-state index >= 15 is 0 Å². The van der Waals surface area contributed by atoms with Crippen LogP contribution in [0.25, 0.3) is 0 Å². The highest BCUT2D eigenvalue weighted by Crippen LogP contribution is 2.43. The van der Waals surface area contributed by atoms with Crippen molar-refractivity contribution in [2.75, 3.05) is 13.7 Å². The quantitative estimate of drug-likeness (QED) is 0.414. The van der Waals surface area contributed by atoms with E-state index in [2.05, 4.69) is 31.4 Å². The van der Waals surface area contributed by atoms with E-state index in [-0.39, 0.29) is 6.42 Å². The van der Waals surface area contributed by atoms with Crippen molar-refractivity contribution in [2.24, 2.45) is 5.16 Å². The predicted octanol–water partition coefficient (Wildman–Crippen LogP) is 3.37. The third-order valence-corrected chi connectivity index (χ3v) is 5.22. The monoisotopic (exact) mass is 443 g/mol. The Kier molecular flexibility index (Phi) is 6.08. The average Bonchev–Trinajstić information content (AvgIpc) is 2.88. The molecule has 6 nitrogen and oxygen atoms in total. The lowest BCUT2D eigenvalue weighted by atomic mass is 9.80. The number of oxime groups is 1. The molecular weight excluding hydrogens is 424 g/mol. The van der Waals surface area contributed by atoms with Crippen molar-refractivity contribution in [1.82, 2.24) is 10.3 Å². The molecule has 1 N–H and O–H groups in total. The second-order valence-corrected chi connectivity index (χ2v) is 7.33. The second kappa shape index (κ2) is 8.33. The van der Waals surface area contributed by atoms with Crippen molar-refractivity contribution in [1.29, 1.82) is 0 Å². The average molecular weight is 444 g/mol. The minimum Gasteiger partial charge on any atom is -0.449 e. The molecule has 146 valence electrons. The second-order valence-electron chi connectivity index (χ2n) is 6.52. The van der Waals surface area contributed by atoms with Crippen LogP contribution in [0.3, 0.4) is 0 Å². The van der Waals surface area contributed by atoms with E-state index in [1.807, 2.05) is 6.07 Å². The first-order valence-electron chi connectivity index (χ1n) is 8.62. The number of ether oxygens (including phenoxy) is 1. The van der Waals surface area contributed by atoms with E-state index in [0.29, 0.717) is 41.6 Å². The molecule has 1 aromatic rings. The summed E-state index contributed by atoms with van der Waals surface area (Å²) in [5.74, 6) is -0.471. The molecule has 2 aliphatic rings. The van der Waals surface area contributed by atoms with Crippen LogP contribution in [0, 0.1) is 0 Å². The fraction of sp³-hybridized carbons (Fsp3) is 0.500. The van der Waals surface area contributed by atoms with Gasteiger partial charge in [-0.1, -0.05) is 11.2 Å². The molecule has 1 spiro atoms. The van der Waals surface area contributed by atoms with Gasteiger partial charge in [0.1, 0.15) is 11.7 Å². The first kappa shape index (κ1) is 19.7. The lowest BCUT2D eigenvalue weighted by Gasteiger charge is -2.35. The Morgan fingerprint density at radius 1 is 1.41 bits per heavy atom. The van der Waals surface area contributed by atoms with Crippen LogP contribution in [0.2, 0.25) is 0 Å². The molecule has 1 saturated carbocycles. The molecule has 27 heavy (non-hydrogen) atoms. The van der Waals surface area contributed by atoms with Crippen molar-refractivity contribution in [3.63, 3.8) is 0 Å². The highest BCUT2D eigenvalue weighted by molar-refractivity contribution is 9.10. The summed E-state index contributed by atoms with van der Waals surface area (Å²) in [6.07, 6.45) is 1.50. The standard InChI is InChI=1S/C18H20BrF2N3O3/c1-26-24-12-4-6-18(7-5-12)16(23-10-15(20)21)13(17(25)27-18)8-11-2-3-14(19)22-9-11/h2-3,9,15,23H,4-8,10H2,1H3. The van der Waals surface area contributed by atoms with Gasteiger partial charge >= 0.3 is 5.97 Å². The summed E-state index contributed by atoms with van der Waals surface area (Å²) in [5, 5.41) is 6.74. The lowest BCUT2D eigenvalue weighted by molar-refractivity contribution is -0.148. The van der Waals surface area contributed by atoms with Crippen LogP contribution in [0.5, 0.6) is 0 Å². The smallest absolute Gasteiger partial charge is 0.337 e. The summed E-state index contributed by atoms with van der Waals surface area (Å²) < 4.78 is 32.1. The van der Waals surface area contributed by atoms with Crippen LogP contribution < -0.4 is 5.32 Å². The normalized spacial score (nSPS) is 22.4. The molecule has 1 aromatic heterocycles. The summed E-state index contributed by atoms with van der Waals surface area (Å²) in [6, 6.07) is 3.60. The van der Waals surface area contributed by atoms with E-state index in [1.165, 1.54) is 7.11 Å². The van der Waals surface area contributed by atoms with E-state index in [4.69, 9.17) is 9.57 Å². The summed E-state index contributed by atoms with van der Waals surface area (Å²) in [6.45, 7) is -0.533. The van der Waals surface area contributed by atoms with Gasteiger partial charge in [-0.25, -0.2) is 18.6 Å². The number of alkyl halides is 2. The molecule has 1 aliphatic carbocycles. The molecule has 0 radical (unpaired) electrons. The highest BCUT2D eigenvalue weighted by Gasteiger charge is 2.49. The Morgan fingerprint density at radius 2 is 2.15 bits per heavy atom. The van der Waals surface area contributed by atoms with Crippen molar-refractivity contribution in [3.8, 4) is 0 Å². The summed E-state index contributed by atoms with van der Waals surface area (Å²) in [5.41, 5.74) is 1.62. The van der Waals surface area contributed by atoms with Crippen LogP contribution in [-0.4, -0.2) is 42.3 Å². The van der Waals surface area contributed by atoms with Gasteiger partial charge in [0.25, 0.3) is 6.43 Å². The van der Waals surface area contributed by atoms with Gasteiger partial charge in [-0.2, -0.15) is 0 Å². The lowest BCUT2D eigenvalue weighted by Crippen LogP contribution is -2.42. The van der Waals surface area contributed by atoms with Crippen molar-refractivity contribution in [2.45, 2.75) is 44.1 Å². The summed E-state index contributed by atoms with van der Waals surface area (Å²) in [7, 11) is 1.48. The maximum atomic E-state index is 12.8. The number of rotatable bonds is 6. The first-order chi connectivity index (χ1) is 12.9. The zero-order chi connectivity index (χ0) is 19.4. The molecule has 0 atom stereocenters. The van der Waals surface area contributed by atoms with Crippen LogP contribution in [0.4, 0.5) is 8.78 Å². The fourth-order valence-corrected chi connectivity index (χ4v) is 3.74. The number of hydrogen-bond donors (Lipinski definition) is 1. The fourth-order valence-electron chi connectivity index (χ4n) is 3.50. The van der Waals surface area contributed by atoms with Gasteiger partial charge in [-0.15, -0.1) is 0 Å². The Bertz CT molecular complexity index is 756. The molecule has 0 amide bonds. The van der Waals surface area contributed by atoms with E-state index in [0.717, 1.165) is 11.3 Å². The van der Waals surface area contributed by atoms with Crippen molar-refractivity contribution in [3.05, 3.63) is 39.8 Å². The molecular formula is C18H20BrF2N3O3. The zero-order valence-electron chi connectivity index (χ0n) is 14.8. The summed E-state index contributed by atoms with van der Waals surface area (Å²) in [4.78, 5) is 21.6. The molecule has 1 fully saturated rings. The number of halogens is 3. The van der Waals surface area contributed by atoms with Gasteiger partial charge in [0.15, 0.2) is 5.60 Å². The number of hydrogen-bond acceptors (Lipinski definition) is 6. The molecule has 0 saturated heterocycles. The van der Waals surface area contributed by atoms with Gasteiger partial charge in [0, 0.05) is 12.6 Å². The van der Waals surface area contributed by atoms with E-state index < -0.39 is 24.5 Å². The van der Waals surface area contributed by atoms with E-state index in [1.54, 1.807) is 12.3 Å². The molecule has 0 aromatic carbocycles. The topological polar surface area (TPSA) is 72.8 Å². The van der Waals surface area contributed by atoms with E-state index in [9.17, 15) is 13.6 Å². The Labute approximate surface area is 164 Å². The number of nitrogens with zero attached hydrogens (tertiary/aromatic N) is 2. The number of esters is 1. The maximum Gasteiger partial charge on any atom is 0.337 e. The minimum absolute atomic E-state index is 0.269. The van der Waals surface area contributed by atoms with Crippen LogP contribution in [0.15, 0.2) is 39.4 Å². The van der Waals surface area contributed by atoms with Crippen molar-refractivity contribution >= 4 is 27.6 Å². The van der Waals surface area contributed by atoms with Gasteiger partial charge < -0.3 is 14.9 Å². The van der Waals surface area contributed by atoms with Gasteiger partial charge in [0.05, 0.1) is 23.5 Å². The molecule has 0 bridgehead atoms. The van der Waals surface area contributed by atoms with Gasteiger partial charge in [-0.3, -0.25) is 0 Å². The first-order valence-corrected chi connectivity index (χ1v) is 9.41. The number of carbonyl (C=O) groups is 1. The van der Waals surface area contributed by atoms with Crippen molar-refractivity contribution < 1.29 is 23.1 Å². The number of nitrogens with one attached hydrogen (secondary N) is 1. The van der Waals surface area contributed by atoms with Crippen LogP contribution >= 0.6 is 15.9 Å². The third kappa shape index (κ3) is 4.45. The Hall–Kier alpha value is -2.03. The number of pyridine rings is 1. The Balaban J connectivity index is 1.89. The minimum atomic E-state index is -2.53. The largest absolute Gasteiger partial charge is 0.449 e. The molecule has 1 aliphatic heterocycles. The predicted molar refractivity (Wildman–Crippen MR) is 98.4 cm³/mol. The molecule has 2 heterocycles. The number of carbonyl (C=O) groups excluding carboxylic acids is 1. The molecule has 3 rings (SSSR count). The number of aromatic nitrogens is 1. The molecule has 9 heteroatoms. The maximum absolute atomic E-state index is 12.8. The summed E-state index contributed by atoms with van der Waals surface area (Å²) >= 11 is 3.27. The zero-order valence-corrected chi connectivity index (χ0v) is 16.4. The van der Waals surface area contributed by atoms with Crippen LogP contribution in [-0.2, 0) is 20.8 Å². The van der Waals surface area contributed by atoms with Crippen LogP contribution in [0.1, 0.15) is 31.2 Å². The third-order valence-electron chi connectivity index (χ3n) is 4.75. The highest BCUT2D eigenvalue weighted by atomic mass is 79.9. The molecule has 0 unspecified atom stereocenters. The Morgan fingerprint density at radius 3 is 2.74 bits per heavy atom. The van der Waals surface area contributed by atoms with Gasteiger partial charge in [-0.05, 0) is 53.2 Å². The SMILES string of the molecule is CON=C1CCC2(CC1)OC(=O)C(Cc1ccc(Br)nc1)=C2NCC(F)F. The van der Waals surface area contributed by atoms with Gasteiger partial charge in [0.2, 0.25) is 0 Å².